The van der Waals surface area contributed by atoms with Crippen LogP contribution in [-0.2, 0) is 9.47 Å². The topological polar surface area (TPSA) is 134 Å². The summed E-state index contributed by atoms with van der Waals surface area (Å²) in [5.74, 6) is -3.66. The Balaban J connectivity index is 0.933. The molecule has 0 bridgehead atoms. The number of carbonyl (C=O) groups excluding carboxylic acids is 6. The smallest absolute Gasteiger partial charge is 0.414 e. The Morgan fingerprint density at radius 3 is 1.16 bits per heavy atom. The van der Waals surface area contributed by atoms with Crippen LogP contribution in [-0.4, -0.2) is 84.0 Å². The molecule has 0 aromatic heterocycles. The van der Waals surface area contributed by atoms with Gasteiger partial charge in [0.15, 0.2) is 0 Å². The second-order valence-corrected chi connectivity index (χ2v) is 12.1. The number of imide groups is 2. The van der Waals surface area contributed by atoms with Gasteiger partial charge >= 0.3 is 12.2 Å². The van der Waals surface area contributed by atoms with Crippen molar-refractivity contribution in [1.29, 1.82) is 0 Å². The standard InChI is InChI=1S/C36H24F2N4O8/c37-29-13-19(39-15-21(49-35(39)47)17-41-31(43)25-5-1-2-6-26(25)32(41)44)9-11-23(29)24-12-10-20(14-30(24)38)40-16-22(50-36(40)48)18-42-33(45)27-7-3-4-8-28(27)34(42)46/h1-14,21-22H,15-18H2/t21-,22+. The molecule has 0 N–H and O–H groups in total. The molecule has 4 heterocycles. The molecule has 0 aliphatic carbocycles. The largest absolute Gasteiger partial charge is 0.442 e. The maximum absolute atomic E-state index is 15.5. The number of amides is 6. The lowest BCUT2D eigenvalue weighted by atomic mass is 10.0. The summed E-state index contributed by atoms with van der Waals surface area (Å²) in [6.45, 7) is -0.483. The molecule has 250 valence electrons. The van der Waals surface area contributed by atoms with E-state index >= 15 is 8.78 Å². The van der Waals surface area contributed by atoms with E-state index in [0.29, 0.717) is 0 Å². The molecule has 0 spiro atoms. The Morgan fingerprint density at radius 1 is 0.500 bits per heavy atom. The molecule has 4 aliphatic heterocycles. The Hall–Kier alpha value is -6.44. The number of anilines is 2. The van der Waals surface area contributed by atoms with E-state index in [-0.39, 0.29) is 70.9 Å². The Kier molecular flexibility index (Phi) is 7.17. The average molecular weight is 679 g/mol. The Labute approximate surface area is 282 Å². The number of ether oxygens (including phenoxy) is 2. The summed E-state index contributed by atoms with van der Waals surface area (Å²) in [6.07, 6.45) is -3.31. The van der Waals surface area contributed by atoms with Gasteiger partial charge in [0.25, 0.3) is 23.6 Å². The summed E-state index contributed by atoms with van der Waals surface area (Å²) in [7, 11) is 0. The van der Waals surface area contributed by atoms with Gasteiger partial charge in [-0.2, -0.15) is 0 Å². The normalized spacial score (nSPS) is 19.8. The molecule has 14 heteroatoms. The summed E-state index contributed by atoms with van der Waals surface area (Å²) in [6, 6.07) is 20.3. The van der Waals surface area contributed by atoms with Crippen molar-refractivity contribution in [1.82, 2.24) is 9.80 Å². The van der Waals surface area contributed by atoms with Gasteiger partial charge in [-0.1, -0.05) is 24.3 Å². The van der Waals surface area contributed by atoms with Crippen LogP contribution in [0.25, 0.3) is 11.1 Å². The minimum absolute atomic E-state index is 0.0615. The third-order valence-corrected chi connectivity index (χ3v) is 9.10. The number of halogens is 2. The number of carbonyl (C=O) groups is 6. The molecule has 12 nitrogen and oxygen atoms in total. The first-order chi connectivity index (χ1) is 24.1. The maximum Gasteiger partial charge on any atom is 0.414 e. The molecule has 4 aromatic rings. The first-order valence-corrected chi connectivity index (χ1v) is 15.5. The maximum atomic E-state index is 15.5. The van der Waals surface area contributed by atoms with Crippen molar-refractivity contribution in [2.75, 3.05) is 36.0 Å². The summed E-state index contributed by atoms with van der Waals surface area (Å²) in [5.41, 5.74) is 1.09. The number of nitrogens with zero attached hydrogens (tertiary/aromatic N) is 4. The first-order valence-electron chi connectivity index (χ1n) is 15.5. The Bertz CT molecular complexity index is 1970. The van der Waals surface area contributed by atoms with Gasteiger partial charge in [-0.25, -0.2) is 18.4 Å². The number of hydrogen-bond donors (Lipinski definition) is 0. The molecular weight excluding hydrogens is 654 g/mol. The lowest BCUT2D eigenvalue weighted by Crippen LogP contribution is -2.38. The lowest BCUT2D eigenvalue weighted by Gasteiger charge is -2.18. The Morgan fingerprint density at radius 2 is 0.840 bits per heavy atom. The summed E-state index contributed by atoms with van der Waals surface area (Å²) in [4.78, 5) is 80.7. The third kappa shape index (κ3) is 4.95. The monoisotopic (exact) mass is 678 g/mol. The van der Waals surface area contributed by atoms with Crippen LogP contribution in [0.5, 0.6) is 0 Å². The van der Waals surface area contributed by atoms with E-state index in [4.69, 9.17) is 9.47 Å². The van der Waals surface area contributed by atoms with Crippen molar-refractivity contribution in [2.24, 2.45) is 0 Å². The second-order valence-electron chi connectivity index (χ2n) is 12.1. The van der Waals surface area contributed by atoms with Crippen molar-refractivity contribution >= 4 is 47.2 Å². The second kappa shape index (κ2) is 11.6. The molecular formula is C36H24F2N4O8. The van der Waals surface area contributed by atoms with Gasteiger partial charge < -0.3 is 9.47 Å². The first kappa shape index (κ1) is 30.9. The van der Waals surface area contributed by atoms with Crippen molar-refractivity contribution in [3.63, 3.8) is 0 Å². The molecule has 0 unspecified atom stereocenters. The van der Waals surface area contributed by atoms with Gasteiger partial charge in [0, 0.05) is 11.1 Å². The summed E-state index contributed by atoms with van der Waals surface area (Å²) in [5, 5.41) is 0. The zero-order valence-electron chi connectivity index (χ0n) is 25.9. The predicted octanol–water partition coefficient (Wildman–Crippen LogP) is 4.87. The van der Waals surface area contributed by atoms with E-state index in [2.05, 4.69) is 0 Å². The molecule has 8 rings (SSSR count). The van der Waals surface area contributed by atoms with Crippen molar-refractivity contribution in [3.8, 4) is 11.1 Å². The number of cyclic esters (lactones) is 2. The molecule has 0 saturated carbocycles. The van der Waals surface area contributed by atoms with Gasteiger partial charge in [-0.05, 0) is 60.7 Å². The SMILES string of the molecule is O=C1c2ccccc2C(=O)N1C[C@@H]1CN(c2ccc(-c3ccc(N4C[C@H](CN5C(=O)c6ccccc6C5=O)OC4=O)cc3F)c(F)c2)C(=O)O1. The molecule has 2 saturated heterocycles. The quantitative estimate of drug-likeness (QED) is 0.253. The highest BCUT2D eigenvalue weighted by Crippen LogP contribution is 2.34. The van der Waals surface area contributed by atoms with Gasteiger partial charge in [0.05, 0.1) is 59.8 Å². The van der Waals surface area contributed by atoms with Crippen LogP contribution in [0.3, 0.4) is 0 Å². The van der Waals surface area contributed by atoms with Gasteiger partial charge in [-0.15, -0.1) is 0 Å². The fraction of sp³-hybridized carbons (Fsp3) is 0.167. The number of fused-ring (bicyclic) bond motifs is 2. The van der Waals surface area contributed by atoms with Crippen LogP contribution in [0.2, 0.25) is 0 Å². The predicted molar refractivity (Wildman–Crippen MR) is 171 cm³/mol. The molecule has 4 aromatic carbocycles. The fourth-order valence-corrected chi connectivity index (χ4v) is 6.65. The van der Waals surface area contributed by atoms with Gasteiger partial charge in [0.2, 0.25) is 0 Å². The third-order valence-electron chi connectivity index (χ3n) is 9.10. The van der Waals surface area contributed by atoms with Crippen LogP contribution >= 0.6 is 0 Å². The van der Waals surface area contributed by atoms with E-state index in [0.717, 1.165) is 31.7 Å². The molecule has 2 atom stereocenters. The number of rotatable bonds is 7. The lowest BCUT2D eigenvalue weighted by molar-refractivity contribution is 0.0550. The van der Waals surface area contributed by atoms with Gasteiger partial charge in [-0.3, -0.25) is 38.8 Å². The van der Waals surface area contributed by atoms with Crippen LogP contribution in [0.15, 0.2) is 84.9 Å². The minimum atomic E-state index is -0.859. The van der Waals surface area contributed by atoms with Crippen molar-refractivity contribution in [3.05, 3.63) is 119 Å². The van der Waals surface area contributed by atoms with E-state index in [1.807, 2.05) is 0 Å². The highest BCUT2D eigenvalue weighted by molar-refractivity contribution is 6.22. The van der Waals surface area contributed by atoms with Crippen LogP contribution in [0, 0.1) is 11.6 Å². The average Bonchev–Trinajstić information content (AvgIpc) is 3.81. The van der Waals surface area contributed by atoms with E-state index in [9.17, 15) is 28.8 Å². The van der Waals surface area contributed by atoms with Crippen LogP contribution < -0.4 is 9.80 Å². The fourth-order valence-electron chi connectivity index (χ4n) is 6.65. The van der Waals surface area contributed by atoms with E-state index in [1.54, 1.807) is 48.5 Å². The number of benzene rings is 4. The zero-order chi connectivity index (χ0) is 34.8. The molecule has 4 aliphatic rings. The van der Waals surface area contributed by atoms with Gasteiger partial charge in [0.1, 0.15) is 23.8 Å². The van der Waals surface area contributed by atoms with Crippen LogP contribution in [0.4, 0.5) is 29.7 Å². The minimum Gasteiger partial charge on any atom is -0.442 e. The summed E-state index contributed by atoms with van der Waals surface area (Å²) < 4.78 is 41.7. The summed E-state index contributed by atoms with van der Waals surface area (Å²) >= 11 is 0. The zero-order valence-corrected chi connectivity index (χ0v) is 25.9. The molecule has 6 amide bonds. The number of hydrogen-bond acceptors (Lipinski definition) is 8. The molecule has 0 radical (unpaired) electrons. The molecule has 2 fully saturated rings. The van der Waals surface area contributed by atoms with Crippen molar-refractivity contribution in [2.45, 2.75) is 12.2 Å². The van der Waals surface area contributed by atoms with Crippen LogP contribution in [0.1, 0.15) is 41.4 Å². The van der Waals surface area contributed by atoms with E-state index < -0.39 is 59.7 Å². The highest BCUT2D eigenvalue weighted by Gasteiger charge is 2.42. The van der Waals surface area contributed by atoms with Crippen molar-refractivity contribution < 1.29 is 47.0 Å². The molecule has 50 heavy (non-hydrogen) atoms. The van der Waals surface area contributed by atoms with E-state index in [1.165, 1.54) is 24.3 Å². The highest BCUT2D eigenvalue weighted by atomic mass is 19.1.